The lowest BCUT2D eigenvalue weighted by atomic mass is 10.2. The van der Waals surface area contributed by atoms with Gasteiger partial charge in [-0.2, -0.15) is 0 Å². The Kier molecular flexibility index (Phi) is 7.64. The third-order valence-electron chi connectivity index (χ3n) is 1.80. The zero-order valence-corrected chi connectivity index (χ0v) is 9.69. The highest BCUT2D eigenvalue weighted by atomic mass is 16.5. The van der Waals surface area contributed by atoms with Crippen molar-refractivity contribution < 1.29 is 14.6 Å². The molecule has 1 N–H and O–H groups in total. The number of carbonyl (C=O) groups excluding carboxylic acids is 1. The molecule has 0 aliphatic carbocycles. The molecule has 15 heavy (non-hydrogen) atoms. The van der Waals surface area contributed by atoms with E-state index in [2.05, 4.69) is 0 Å². The maximum atomic E-state index is 11.2. The van der Waals surface area contributed by atoms with E-state index >= 15 is 0 Å². The second-order valence-corrected chi connectivity index (χ2v) is 3.35. The van der Waals surface area contributed by atoms with E-state index in [9.17, 15) is 4.79 Å². The van der Waals surface area contributed by atoms with Crippen molar-refractivity contribution in [3.8, 4) is 0 Å². The number of rotatable bonds is 6. The van der Waals surface area contributed by atoms with Crippen LogP contribution in [0.15, 0.2) is 23.8 Å². The van der Waals surface area contributed by atoms with Gasteiger partial charge in [0.05, 0.1) is 12.7 Å². The molecule has 0 aromatic carbocycles. The topological polar surface area (TPSA) is 46.5 Å². The van der Waals surface area contributed by atoms with Gasteiger partial charge in [0.1, 0.15) is 0 Å². The van der Waals surface area contributed by atoms with Crippen LogP contribution in [0.2, 0.25) is 0 Å². The van der Waals surface area contributed by atoms with Gasteiger partial charge >= 0.3 is 5.97 Å². The van der Waals surface area contributed by atoms with Gasteiger partial charge in [-0.05, 0) is 33.6 Å². The minimum absolute atomic E-state index is 0.253. The van der Waals surface area contributed by atoms with Crippen molar-refractivity contribution in [2.45, 2.75) is 39.7 Å². The molecule has 0 bridgehead atoms. The molecule has 0 aliphatic rings. The molecular formula is C12H20O3. The quantitative estimate of drug-likeness (QED) is 0.318. The molecule has 1 unspecified atom stereocenters. The Balaban J connectivity index is 3.81. The molecule has 0 amide bonds. The van der Waals surface area contributed by atoms with Crippen LogP contribution in [0.25, 0.3) is 0 Å². The van der Waals surface area contributed by atoms with Crippen molar-refractivity contribution in [3.63, 3.8) is 0 Å². The predicted octanol–water partition coefficient (Wildman–Crippen LogP) is 2.21. The highest BCUT2D eigenvalue weighted by molar-refractivity contribution is 5.87. The van der Waals surface area contributed by atoms with Crippen LogP contribution in [0.3, 0.4) is 0 Å². The first-order chi connectivity index (χ1) is 7.07. The first kappa shape index (κ1) is 13.9. The summed E-state index contributed by atoms with van der Waals surface area (Å²) in [7, 11) is 0. The summed E-state index contributed by atoms with van der Waals surface area (Å²) in [6.07, 6.45) is 6.69. The molecule has 0 rings (SSSR count). The normalized spacial score (nSPS) is 14.3. The van der Waals surface area contributed by atoms with Crippen molar-refractivity contribution >= 4 is 5.97 Å². The number of ether oxygens (including phenoxy) is 1. The molecule has 0 saturated heterocycles. The third kappa shape index (κ3) is 7.94. The summed E-state index contributed by atoms with van der Waals surface area (Å²) in [5, 5.41) is 8.94. The number of hydrogen-bond acceptors (Lipinski definition) is 3. The first-order valence-corrected chi connectivity index (χ1v) is 5.26. The Labute approximate surface area is 91.4 Å². The van der Waals surface area contributed by atoms with Gasteiger partial charge in [-0.25, -0.2) is 4.79 Å². The van der Waals surface area contributed by atoms with Crippen LogP contribution in [-0.2, 0) is 9.53 Å². The Bertz CT molecular complexity index is 239. The molecule has 0 aliphatic heterocycles. The van der Waals surface area contributed by atoms with Crippen molar-refractivity contribution in [1.29, 1.82) is 0 Å². The van der Waals surface area contributed by atoms with Crippen LogP contribution < -0.4 is 0 Å². The summed E-state index contributed by atoms with van der Waals surface area (Å²) < 4.78 is 4.83. The zero-order chi connectivity index (χ0) is 11.7. The highest BCUT2D eigenvalue weighted by Gasteiger charge is 2.02. The van der Waals surface area contributed by atoms with Gasteiger partial charge in [-0.15, -0.1) is 0 Å². The Hall–Kier alpha value is -1.09. The third-order valence-corrected chi connectivity index (χ3v) is 1.80. The lowest BCUT2D eigenvalue weighted by molar-refractivity contribution is -0.138. The molecule has 0 heterocycles. The fraction of sp³-hybridized carbons (Fsp3) is 0.583. The highest BCUT2D eigenvalue weighted by Crippen LogP contribution is 2.02. The molecule has 1 atom stereocenters. The molecule has 0 aromatic rings. The van der Waals surface area contributed by atoms with Gasteiger partial charge in [0.2, 0.25) is 0 Å². The Morgan fingerprint density at radius 2 is 2.13 bits per heavy atom. The van der Waals surface area contributed by atoms with Crippen molar-refractivity contribution in [2.75, 3.05) is 6.61 Å². The average Bonchev–Trinajstić information content (AvgIpc) is 2.16. The summed E-state index contributed by atoms with van der Waals surface area (Å²) in [6.45, 7) is 5.65. The summed E-state index contributed by atoms with van der Waals surface area (Å²) in [4.78, 5) is 11.2. The van der Waals surface area contributed by atoms with E-state index in [4.69, 9.17) is 9.84 Å². The zero-order valence-electron chi connectivity index (χ0n) is 9.69. The minimum Gasteiger partial charge on any atom is -0.463 e. The summed E-state index contributed by atoms with van der Waals surface area (Å²) in [6, 6.07) is 0. The number of aliphatic hydroxyl groups excluding tert-OH is 1. The SMILES string of the molecule is CCOC(=O)/C(C)=C/CC/C=C/C(C)O. The van der Waals surface area contributed by atoms with Gasteiger partial charge in [0.15, 0.2) is 0 Å². The molecular weight excluding hydrogens is 192 g/mol. The van der Waals surface area contributed by atoms with Crippen molar-refractivity contribution in [2.24, 2.45) is 0 Å². The molecule has 0 spiro atoms. The molecule has 3 nitrogen and oxygen atoms in total. The second kappa shape index (κ2) is 8.24. The van der Waals surface area contributed by atoms with E-state index in [0.717, 1.165) is 12.8 Å². The fourth-order valence-corrected chi connectivity index (χ4v) is 1.02. The maximum absolute atomic E-state index is 11.2. The summed E-state index contributed by atoms with van der Waals surface area (Å²) in [5.74, 6) is -0.253. The smallest absolute Gasteiger partial charge is 0.333 e. The summed E-state index contributed by atoms with van der Waals surface area (Å²) >= 11 is 0. The molecule has 0 fully saturated rings. The maximum Gasteiger partial charge on any atom is 0.333 e. The lowest BCUT2D eigenvalue weighted by Gasteiger charge is -2.00. The van der Waals surface area contributed by atoms with Crippen LogP contribution in [0.5, 0.6) is 0 Å². The van der Waals surface area contributed by atoms with Crippen LogP contribution >= 0.6 is 0 Å². The fourth-order valence-electron chi connectivity index (χ4n) is 1.02. The van der Waals surface area contributed by atoms with Crippen LogP contribution in [0, 0.1) is 0 Å². The second-order valence-electron chi connectivity index (χ2n) is 3.35. The van der Waals surface area contributed by atoms with E-state index in [1.807, 2.05) is 12.2 Å². The van der Waals surface area contributed by atoms with Gasteiger partial charge in [-0.1, -0.05) is 18.2 Å². The largest absolute Gasteiger partial charge is 0.463 e. The van der Waals surface area contributed by atoms with Crippen molar-refractivity contribution in [1.82, 2.24) is 0 Å². The average molecular weight is 212 g/mol. The number of aliphatic hydroxyl groups is 1. The van der Waals surface area contributed by atoms with E-state index in [1.54, 1.807) is 26.8 Å². The number of esters is 1. The van der Waals surface area contributed by atoms with E-state index in [1.165, 1.54) is 0 Å². The van der Waals surface area contributed by atoms with Crippen LogP contribution in [0.4, 0.5) is 0 Å². The van der Waals surface area contributed by atoms with Gasteiger partial charge in [0.25, 0.3) is 0 Å². The van der Waals surface area contributed by atoms with E-state index < -0.39 is 6.10 Å². The minimum atomic E-state index is -0.403. The van der Waals surface area contributed by atoms with Gasteiger partial charge in [-0.3, -0.25) is 0 Å². The van der Waals surface area contributed by atoms with Crippen LogP contribution in [0.1, 0.15) is 33.6 Å². The van der Waals surface area contributed by atoms with Gasteiger partial charge < -0.3 is 9.84 Å². The Morgan fingerprint density at radius 3 is 2.67 bits per heavy atom. The lowest BCUT2D eigenvalue weighted by Crippen LogP contribution is -2.04. The predicted molar refractivity (Wildman–Crippen MR) is 60.4 cm³/mol. The molecule has 0 saturated carbocycles. The molecule has 0 aromatic heterocycles. The molecule has 3 heteroatoms. The number of carbonyl (C=O) groups is 1. The molecule has 86 valence electrons. The monoisotopic (exact) mass is 212 g/mol. The first-order valence-electron chi connectivity index (χ1n) is 5.26. The van der Waals surface area contributed by atoms with E-state index in [-0.39, 0.29) is 5.97 Å². The number of unbranched alkanes of at least 4 members (excludes halogenated alkanes) is 1. The standard InChI is InChI=1S/C12H20O3/c1-4-15-12(14)10(2)8-6-5-7-9-11(3)13/h7-9,11,13H,4-6H2,1-3H3/b9-7+,10-8+. The van der Waals surface area contributed by atoms with Crippen LogP contribution in [-0.4, -0.2) is 23.8 Å². The summed E-state index contributed by atoms with van der Waals surface area (Å²) in [5.41, 5.74) is 0.641. The number of hydrogen-bond donors (Lipinski definition) is 1. The van der Waals surface area contributed by atoms with Gasteiger partial charge in [0, 0.05) is 5.57 Å². The molecule has 0 radical (unpaired) electrons. The Morgan fingerprint density at radius 1 is 1.47 bits per heavy atom. The number of allylic oxidation sites excluding steroid dienone is 2. The van der Waals surface area contributed by atoms with Crippen molar-refractivity contribution in [3.05, 3.63) is 23.8 Å². The van der Waals surface area contributed by atoms with E-state index in [0.29, 0.717) is 12.2 Å².